The van der Waals surface area contributed by atoms with Crippen LogP contribution in [0.2, 0.25) is 5.02 Å². The van der Waals surface area contributed by atoms with E-state index in [2.05, 4.69) is 31.3 Å². The van der Waals surface area contributed by atoms with Crippen molar-refractivity contribution in [1.29, 1.82) is 0 Å². The largest absolute Gasteiger partial charge is 0.489 e. The molecule has 0 aliphatic carbocycles. The van der Waals surface area contributed by atoms with Gasteiger partial charge in [0.25, 0.3) is 0 Å². The van der Waals surface area contributed by atoms with E-state index >= 15 is 0 Å². The molecule has 1 aliphatic rings. The summed E-state index contributed by atoms with van der Waals surface area (Å²) in [5.74, 6) is 1.96. The summed E-state index contributed by atoms with van der Waals surface area (Å²) in [6, 6.07) is 15.6. The molecule has 1 unspecified atom stereocenters. The van der Waals surface area contributed by atoms with Crippen molar-refractivity contribution >= 4 is 11.6 Å². The normalized spacial score (nSPS) is 21.0. The molecule has 1 saturated heterocycles. The Labute approximate surface area is 160 Å². The Morgan fingerprint density at radius 1 is 1.15 bits per heavy atom. The smallest absolute Gasteiger partial charge is 0.138 e. The summed E-state index contributed by atoms with van der Waals surface area (Å²) in [7, 11) is 0. The molecular weight excluding hydrogens is 350 g/mol. The molecule has 4 nitrogen and oxygen atoms in total. The number of para-hydroxylation sites is 1. The van der Waals surface area contributed by atoms with Gasteiger partial charge in [-0.25, -0.2) is 0 Å². The van der Waals surface area contributed by atoms with E-state index in [1.54, 1.807) is 6.07 Å². The molecule has 0 bridgehead atoms. The van der Waals surface area contributed by atoms with Crippen LogP contribution in [0.4, 0.5) is 0 Å². The molecular formula is C21H26ClNO3. The van der Waals surface area contributed by atoms with E-state index < -0.39 is 0 Å². The van der Waals surface area contributed by atoms with Crippen LogP contribution in [0, 0.1) is 0 Å². The van der Waals surface area contributed by atoms with Gasteiger partial charge in [0.15, 0.2) is 0 Å². The molecule has 26 heavy (non-hydrogen) atoms. The number of hydrogen-bond donors (Lipinski definition) is 2. The average molecular weight is 376 g/mol. The van der Waals surface area contributed by atoms with Gasteiger partial charge in [0.2, 0.25) is 0 Å². The third-order valence-corrected chi connectivity index (χ3v) is 5.03. The van der Waals surface area contributed by atoms with E-state index in [9.17, 15) is 5.11 Å². The predicted octanol–water partition coefficient (Wildman–Crippen LogP) is 4.01. The fourth-order valence-corrected chi connectivity index (χ4v) is 3.36. The van der Waals surface area contributed by atoms with Gasteiger partial charge >= 0.3 is 0 Å². The number of benzene rings is 2. The van der Waals surface area contributed by atoms with Gasteiger partial charge in [-0.05, 0) is 35.7 Å². The van der Waals surface area contributed by atoms with Crippen molar-refractivity contribution in [3.05, 3.63) is 59.1 Å². The molecule has 3 rings (SSSR count). The van der Waals surface area contributed by atoms with E-state index in [1.165, 1.54) is 5.56 Å². The Hall–Kier alpha value is -1.75. The summed E-state index contributed by atoms with van der Waals surface area (Å²) >= 11 is 6.15. The van der Waals surface area contributed by atoms with E-state index in [0.717, 1.165) is 18.7 Å². The molecule has 140 valence electrons. The Morgan fingerprint density at radius 2 is 1.88 bits per heavy atom. The summed E-state index contributed by atoms with van der Waals surface area (Å²) in [5.41, 5.74) is 1.30. The number of rotatable bonds is 7. The van der Waals surface area contributed by atoms with Crippen LogP contribution < -0.4 is 14.8 Å². The molecule has 1 fully saturated rings. The number of aliphatic hydroxyl groups is 1. The molecule has 0 radical (unpaired) electrons. The highest BCUT2D eigenvalue weighted by atomic mass is 35.5. The van der Waals surface area contributed by atoms with Crippen LogP contribution in [0.15, 0.2) is 48.5 Å². The lowest BCUT2D eigenvalue weighted by Gasteiger charge is -2.23. The molecule has 2 N–H and O–H groups in total. The van der Waals surface area contributed by atoms with Crippen LogP contribution in [-0.4, -0.2) is 36.5 Å². The molecule has 2 aromatic carbocycles. The molecule has 1 aliphatic heterocycles. The van der Waals surface area contributed by atoms with Crippen molar-refractivity contribution in [2.75, 3.05) is 13.2 Å². The highest BCUT2D eigenvalue weighted by Crippen LogP contribution is 2.27. The van der Waals surface area contributed by atoms with Gasteiger partial charge in [-0.2, -0.15) is 0 Å². The number of aliphatic hydroxyl groups excluding tert-OH is 1. The average Bonchev–Trinajstić information content (AvgIpc) is 3.10. The lowest BCUT2D eigenvalue weighted by Crippen LogP contribution is -2.41. The van der Waals surface area contributed by atoms with E-state index in [0.29, 0.717) is 16.7 Å². The SMILES string of the molecule is CC(C)c1ccc(O[C@H]2CN[C@H](C(CO)Oc3ccccc3Cl)C2)cc1. The molecule has 0 amide bonds. The third-order valence-electron chi connectivity index (χ3n) is 4.72. The van der Waals surface area contributed by atoms with E-state index in [1.807, 2.05) is 30.3 Å². The third kappa shape index (κ3) is 4.70. The Kier molecular flexibility index (Phi) is 6.41. The molecule has 0 saturated carbocycles. The molecule has 3 atom stereocenters. The second-order valence-electron chi connectivity index (χ2n) is 6.98. The second kappa shape index (κ2) is 8.76. The van der Waals surface area contributed by atoms with Crippen molar-refractivity contribution in [3.8, 4) is 11.5 Å². The summed E-state index contributed by atoms with van der Waals surface area (Å²) in [5, 5.41) is 13.7. The lowest BCUT2D eigenvalue weighted by molar-refractivity contribution is 0.0849. The van der Waals surface area contributed by atoms with Crippen molar-refractivity contribution < 1.29 is 14.6 Å². The van der Waals surface area contributed by atoms with Crippen molar-refractivity contribution in [2.45, 2.75) is 44.4 Å². The Bertz CT molecular complexity index is 705. The van der Waals surface area contributed by atoms with Gasteiger partial charge in [-0.1, -0.05) is 49.7 Å². The first-order valence-corrected chi connectivity index (χ1v) is 9.46. The zero-order valence-corrected chi connectivity index (χ0v) is 15.9. The van der Waals surface area contributed by atoms with Gasteiger partial charge in [0.1, 0.15) is 23.7 Å². The minimum Gasteiger partial charge on any atom is -0.489 e. The van der Waals surface area contributed by atoms with Gasteiger partial charge in [0.05, 0.1) is 11.6 Å². The molecule has 2 aromatic rings. The van der Waals surface area contributed by atoms with Gasteiger partial charge < -0.3 is 19.9 Å². The second-order valence-corrected chi connectivity index (χ2v) is 7.39. The minimum atomic E-state index is -0.369. The molecule has 5 heteroatoms. The van der Waals surface area contributed by atoms with Crippen LogP contribution in [0.5, 0.6) is 11.5 Å². The van der Waals surface area contributed by atoms with Crippen molar-refractivity contribution in [2.24, 2.45) is 0 Å². The topological polar surface area (TPSA) is 50.7 Å². The maximum absolute atomic E-state index is 9.75. The highest BCUT2D eigenvalue weighted by molar-refractivity contribution is 6.32. The molecule has 1 heterocycles. The van der Waals surface area contributed by atoms with E-state index in [-0.39, 0.29) is 24.9 Å². The maximum Gasteiger partial charge on any atom is 0.138 e. The van der Waals surface area contributed by atoms with Gasteiger partial charge in [-0.3, -0.25) is 0 Å². The lowest BCUT2D eigenvalue weighted by atomic mass is 10.0. The fraction of sp³-hybridized carbons (Fsp3) is 0.429. The summed E-state index contributed by atoms with van der Waals surface area (Å²) in [6.45, 7) is 4.99. The maximum atomic E-state index is 9.75. The fourth-order valence-electron chi connectivity index (χ4n) is 3.18. The highest BCUT2D eigenvalue weighted by Gasteiger charge is 2.33. The van der Waals surface area contributed by atoms with Crippen LogP contribution in [-0.2, 0) is 0 Å². The Balaban J connectivity index is 1.57. The first-order valence-electron chi connectivity index (χ1n) is 9.09. The zero-order chi connectivity index (χ0) is 18.5. The molecule has 0 aromatic heterocycles. The van der Waals surface area contributed by atoms with E-state index in [4.69, 9.17) is 21.1 Å². The number of hydrogen-bond acceptors (Lipinski definition) is 4. The standard InChI is InChI=1S/C21H26ClNO3/c1-14(2)15-7-9-16(10-8-15)25-17-11-19(23-12-17)21(13-24)26-20-6-4-3-5-18(20)22/h3-10,14,17,19,21,23-24H,11-13H2,1-2H3/t17-,19+,21?/m1/s1. The van der Waals surface area contributed by atoms with Crippen LogP contribution in [0.3, 0.4) is 0 Å². The van der Waals surface area contributed by atoms with Crippen LogP contribution in [0.25, 0.3) is 0 Å². The summed E-state index contributed by atoms with van der Waals surface area (Å²) < 4.78 is 12.0. The number of ether oxygens (including phenoxy) is 2. The van der Waals surface area contributed by atoms with Gasteiger partial charge in [0, 0.05) is 19.0 Å². The summed E-state index contributed by atoms with van der Waals surface area (Å²) in [4.78, 5) is 0. The number of halogens is 1. The number of nitrogens with one attached hydrogen (secondary N) is 1. The van der Waals surface area contributed by atoms with Crippen LogP contribution in [0.1, 0.15) is 31.7 Å². The summed E-state index contributed by atoms with van der Waals surface area (Å²) in [6.07, 6.45) is 0.447. The minimum absolute atomic E-state index is 0.0104. The van der Waals surface area contributed by atoms with Gasteiger partial charge in [-0.15, -0.1) is 0 Å². The molecule has 0 spiro atoms. The van der Waals surface area contributed by atoms with Crippen molar-refractivity contribution in [3.63, 3.8) is 0 Å². The first kappa shape index (κ1) is 19.0. The van der Waals surface area contributed by atoms with Crippen molar-refractivity contribution in [1.82, 2.24) is 5.32 Å². The Morgan fingerprint density at radius 3 is 2.54 bits per heavy atom. The zero-order valence-electron chi connectivity index (χ0n) is 15.2. The van der Waals surface area contributed by atoms with Crippen LogP contribution >= 0.6 is 11.6 Å². The quantitative estimate of drug-likeness (QED) is 0.767. The monoisotopic (exact) mass is 375 g/mol. The first-order chi connectivity index (χ1) is 12.6. The predicted molar refractivity (Wildman–Crippen MR) is 104 cm³/mol.